The Balaban J connectivity index is 1.31. The number of aromatic nitrogens is 1. The van der Waals surface area contributed by atoms with Gasteiger partial charge in [-0.05, 0) is 41.7 Å². The summed E-state index contributed by atoms with van der Waals surface area (Å²) in [4.78, 5) is 46.4. The maximum Gasteiger partial charge on any atom is 0.255 e. The quantitative estimate of drug-likeness (QED) is 0.318. The lowest BCUT2D eigenvalue weighted by atomic mass is 9.89. The molecule has 0 saturated heterocycles. The maximum absolute atomic E-state index is 14.1. The molecule has 7 heteroatoms. The van der Waals surface area contributed by atoms with Gasteiger partial charge in [0.25, 0.3) is 5.91 Å². The fraction of sp³-hybridized carbons (Fsp3) is 0.303. The lowest BCUT2D eigenvalue weighted by Gasteiger charge is -2.38. The molecule has 6 rings (SSSR count). The third-order valence-electron chi connectivity index (χ3n) is 8.54. The maximum atomic E-state index is 14.1. The summed E-state index contributed by atoms with van der Waals surface area (Å²) in [5.41, 5.74) is 6.65. The number of rotatable bonds is 7. The molecule has 0 aliphatic carbocycles. The van der Waals surface area contributed by atoms with E-state index in [0.29, 0.717) is 18.5 Å². The van der Waals surface area contributed by atoms with Gasteiger partial charge in [-0.1, -0.05) is 86.5 Å². The first-order chi connectivity index (χ1) is 19.4. The fourth-order valence-corrected chi connectivity index (χ4v) is 6.09. The number of carbonyl (C=O) groups is 3. The molecular weight excluding hydrogens is 500 g/mol. The van der Waals surface area contributed by atoms with Crippen LogP contribution in [0.25, 0.3) is 10.9 Å². The molecule has 0 bridgehead atoms. The highest BCUT2D eigenvalue weighted by molar-refractivity contribution is 6.04. The number of fused-ring (bicyclic) bond motifs is 7. The molecule has 204 valence electrons. The first-order valence-corrected chi connectivity index (χ1v) is 14.0. The second kappa shape index (κ2) is 10.3. The molecular formula is C33H34N4O3. The van der Waals surface area contributed by atoms with Crippen LogP contribution in [0.15, 0.2) is 72.8 Å². The van der Waals surface area contributed by atoms with Crippen LogP contribution in [-0.2, 0) is 22.6 Å². The van der Waals surface area contributed by atoms with Crippen LogP contribution in [0.2, 0.25) is 0 Å². The van der Waals surface area contributed by atoms with Gasteiger partial charge in [-0.25, -0.2) is 0 Å². The number of aryl methyl sites for hydroxylation is 1. The third kappa shape index (κ3) is 4.35. The number of nitrogens with one attached hydrogen (secondary N) is 3. The van der Waals surface area contributed by atoms with Crippen LogP contribution in [0.1, 0.15) is 64.6 Å². The summed E-state index contributed by atoms with van der Waals surface area (Å²) < 4.78 is 0. The number of aromatic amines is 1. The van der Waals surface area contributed by atoms with Crippen molar-refractivity contribution in [3.05, 3.63) is 106 Å². The highest BCUT2D eigenvalue weighted by atomic mass is 16.2. The first-order valence-electron chi connectivity index (χ1n) is 14.0. The zero-order chi connectivity index (χ0) is 28.0. The lowest BCUT2D eigenvalue weighted by Crippen LogP contribution is -2.58. The predicted molar refractivity (Wildman–Crippen MR) is 155 cm³/mol. The van der Waals surface area contributed by atoms with Crippen molar-refractivity contribution in [2.45, 2.75) is 58.3 Å². The van der Waals surface area contributed by atoms with Crippen molar-refractivity contribution in [2.24, 2.45) is 5.92 Å². The molecule has 0 spiro atoms. The van der Waals surface area contributed by atoms with Crippen molar-refractivity contribution in [3.63, 3.8) is 0 Å². The van der Waals surface area contributed by atoms with Crippen LogP contribution in [0, 0.1) is 12.8 Å². The van der Waals surface area contributed by atoms with Crippen molar-refractivity contribution in [2.75, 3.05) is 0 Å². The number of carbonyl (C=O) groups excluding carboxylic acids is 3. The normalized spacial score (nSPS) is 19.0. The van der Waals surface area contributed by atoms with E-state index in [1.807, 2.05) is 87.5 Å². The van der Waals surface area contributed by atoms with Crippen LogP contribution < -0.4 is 10.6 Å². The van der Waals surface area contributed by atoms with Crippen molar-refractivity contribution in [3.8, 4) is 0 Å². The van der Waals surface area contributed by atoms with Gasteiger partial charge < -0.3 is 20.5 Å². The van der Waals surface area contributed by atoms with Gasteiger partial charge in [-0.15, -0.1) is 0 Å². The van der Waals surface area contributed by atoms with E-state index in [1.165, 1.54) is 0 Å². The number of amides is 3. The van der Waals surface area contributed by atoms with Gasteiger partial charge in [-0.3, -0.25) is 14.4 Å². The van der Waals surface area contributed by atoms with Gasteiger partial charge in [0.2, 0.25) is 11.8 Å². The van der Waals surface area contributed by atoms with Gasteiger partial charge in [-0.2, -0.15) is 0 Å². The lowest BCUT2D eigenvalue weighted by molar-refractivity contribution is -0.133. The second-order valence-electron chi connectivity index (χ2n) is 11.1. The molecule has 2 aliphatic heterocycles. The molecule has 3 heterocycles. The number of para-hydroxylation sites is 1. The zero-order valence-electron chi connectivity index (χ0n) is 23.0. The number of nitrogens with zero attached hydrogens (tertiary/aromatic N) is 1. The molecule has 0 fully saturated rings. The minimum atomic E-state index is -0.743. The van der Waals surface area contributed by atoms with Crippen molar-refractivity contribution in [1.29, 1.82) is 0 Å². The molecule has 4 aromatic rings. The number of hydrogen-bond acceptors (Lipinski definition) is 3. The Labute approximate surface area is 234 Å². The minimum Gasteiger partial charge on any atom is -0.356 e. The Kier molecular flexibility index (Phi) is 6.66. The molecule has 1 aromatic heterocycles. The average Bonchev–Trinajstić information content (AvgIpc) is 3.50. The van der Waals surface area contributed by atoms with E-state index in [-0.39, 0.29) is 29.7 Å². The third-order valence-corrected chi connectivity index (χ3v) is 8.54. The monoisotopic (exact) mass is 534 g/mol. The van der Waals surface area contributed by atoms with Crippen molar-refractivity contribution in [1.82, 2.24) is 20.5 Å². The molecule has 3 N–H and O–H groups in total. The predicted octanol–water partition coefficient (Wildman–Crippen LogP) is 4.79. The zero-order valence-corrected chi connectivity index (χ0v) is 23.0. The van der Waals surface area contributed by atoms with Crippen LogP contribution in [0.3, 0.4) is 0 Å². The number of benzene rings is 3. The Morgan fingerprint density at radius 2 is 1.75 bits per heavy atom. The number of hydrogen-bond donors (Lipinski definition) is 3. The standard InChI is InChI=1S/C33H34N4O3/c1-4-20(3)28(32(39)34-18-21-15-13-19(2)14-16-21)36-31(38)27-17-25-22-9-7-8-12-26(22)35-29(25)30-23-10-5-6-11-24(23)33(40)37(27)30/h5-16,20,27-28,30,35H,4,17-18H2,1-3H3,(H,34,39)(H,36,38)/t20-,27+,28+,30+/m1/s1. The summed E-state index contributed by atoms with van der Waals surface area (Å²) in [6, 6.07) is 21.8. The van der Waals surface area contributed by atoms with E-state index in [1.54, 1.807) is 4.90 Å². The summed E-state index contributed by atoms with van der Waals surface area (Å²) in [5.74, 6) is -0.775. The summed E-state index contributed by atoms with van der Waals surface area (Å²) in [7, 11) is 0. The van der Waals surface area contributed by atoms with Crippen LogP contribution in [0.5, 0.6) is 0 Å². The summed E-state index contributed by atoms with van der Waals surface area (Å²) in [6.45, 7) is 6.38. The summed E-state index contributed by atoms with van der Waals surface area (Å²) in [6.07, 6.45) is 1.09. The number of H-pyrrole nitrogens is 1. The molecule has 3 aromatic carbocycles. The molecule has 4 atom stereocenters. The smallest absolute Gasteiger partial charge is 0.255 e. The van der Waals surface area contributed by atoms with Gasteiger partial charge in [0.1, 0.15) is 12.1 Å². The van der Waals surface area contributed by atoms with Gasteiger partial charge >= 0.3 is 0 Å². The van der Waals surface area contributed by atoms with Crippen LogP contribution in [-0.4, -0.2) is 39.7 Å². The molecule has 0 radical (unpaired) electrons. The Morgan fingerprint density at radius 1 is 1.02 bits per heavy atom. The Morgan fingerprint density at radius 3 is 2.52 bits per heavy atom. The van der Waals surface area contributed by atoms with E-state index in [2.05, 4.69) is 21.7 Å². The molecule has 0 saturated carbocycles. The van der Waals surface area contributed by atoms with Crippen molar-refractivity contribution < 1.29 is 14.4 Å². The van der Waals surface area contributed by atoms with E-state index in [4.69, 9.17) is 0 Å². The molecule has 40 heavy (non-hydrogen) atoms. The second-order valence-corrected chi connectivity index (χ2v) is 11.1. The molecule has 0 unspecified atom stereocenters. The van der Waals surface area contributed by atoms with E-state index < -0.39 is 12.1 Å². The topological polar surface area (TPSA) is 94.3 Å². The largest absolute Gasteiger partial charge is 0.356 e. The molecule has 7 nitrogen and oxygen atoms in total. The average molecular weight is 535 g/mol. The Hall–Kier alpha value is -4.39. The first kappa shape index (κ1) is 25.9. The summed E-state index contributed by atoms with van der Waals surface area (Å²) >= 11 is 0. The molecule has 3 amide bonds. The summed E-state index contributed by atoms with van der Waals surface area (Å²) in [5, 5.41) is 7.12. The minimum absolute atomic E-state index is 0.0866. The van der Waals surface area contributed by atoms with Gasteiger partial charge in [0.05, 0.1) is 6.04 Å². The van der Waals surface area contributed by atoms with Crippen molar-refractivity contribution >= 4 is 28.6 Å². The van der Waals surface area contributed by atoms with Crippen LogP contribution in [0.4, 0.5) is 0 Å². The Bertz CT molecular complexity index is 1610. The van der Waals surface area contributed by atoms with Gasteiger partial charge in [0.15, 0.2) is 0 Å². The van der Waals surface area contributed by atoms with E-state index in [0.717, 1.165) is 45.3 Å². The van der Waals surface area contributed by atoms with Gasteiger partial charge in [0, 0.05) is 35.1 Å². The van der Waals surface area contributed by atoms with E-state index >= 15 is 0 Å². The van der Waals surface area contributed by atoms with E-state index in [9.17, 15) is 14.4 Å². The highest BCUT2D eigenvalue weighted by Crippen LogP contribution is 2.46. The SMILES string of the molecule is CC[C@@H](C)[C@H](NC(=O)[C@@H]1Cc2c([nH]c3ccccc23)[C@@H]2c3ccccc3C(=O)N21)C(=O)NCc1ccc(C)cc1. The highest BCUT2D eigenvalue weighted by Gasteiger charge is 2.49. The van der Waals surface area contributed by atoms with Crippen LogP contribution >= 0.6 is 0 Å². The molecule has 2 aliphatic rings. The fourth-order valence-electron chi connectivity index (χ4n) is 6.09.